The summed E-state index contributed by atoms with van der Waals surface area (Å²) < 4.78 is 32.0. The normalized spacial score (nSPS) is 16.8. The second-order valence-electron chi connectivity index (χ2n) is 7.52. The van der Waals surface area contributed by atoms with Crippen molar-refractivity contribution < 1.29 is 22.7 Å². The van der Waals surface area contributed by atoms with Crippen LogP contribution in [0.4, 0.5) is 5.69 Å². The smallest absolute Gasteiger partial charge is 0.339 e. The molecule has 9 heteroatoms. The van der Waals surface area contributed by atoms with E-state index in [0.29, 0.717) is 24.3 Å². The van der Waals surface area contributed by atoms with Gasteiger partial charge in [-0.05, 0) is 62.3 Å². The standard InChI is InChI=1S/C21H24N2O5S2/c24-20(13-28-21(25)18-14-29-19-9-2-1-8-17(18)19)22-15-6-5-7-16(12-15)30(26,27)23-10-3-4-11-23/h5-7,12,14H,1-4,8-11,13H2,(H,22,24). The molecule has 1 N–H and O–H groups in total. The van der Waals surface area contributed by atoms with E-state index >= 15 is 0 Å². The molecule has 2 aromatic rings. The van der Waals surface area contributed by atoms with Gasteiger partial charge in [0.15, 0.2) is 6.61 Å². The summed E-state index contributed by atoms with van der Waals surface area (Å²) in [6.45, 7) is 0.606. The van der Waals surface area contributed by atoms with Crippen molar-refractivity contribution in [2.45, 2.75) is 43.4 Å². The second kappa shape index (κ2) is 8.87. The second-order valence-corrected chi connectivity index (χ2v) is 10.4. The first-order valence-corrected chi connectivity index (χ1v) is 12.4. The number of ether oxygens (including phenoxy) is 1. The molecular weight excluding hydrogens is 424 g/mol. The number of anilines is 1. The molecule has 1 fully saturated rings. The zero-order chi connectivity index (χ0) is 21.1. The molecule has 7 nitrogen and oxygen atoms in total. The first-order chi connectivity index (χ1) is 14.4. The van der Waals surface area contributed by atoms with Crippen molar-refractivity contribution in [1.82, 2.24) is 4.31 Å². The Balaban J connectivity index is 1.36. The lowest BCUT2D eigenvalue weighted by atomic mass is 9.96. The van der Waals surface area contributed by atoms with Crippen LogP contribution in [0.5, 0.6) is 0 Å². The van der Waals surface area contributed by atoms with Crippen molar-refractivity contribution in [1.29, 1.82) is 0 Å². The van der Waals surface area contributed by atoms with E-state index in [-0.39, 0.29) is 4.90 Å². The van der Waals surface area contributed by atoms with Gasteiger partial charge >= 0.3 is 5.97 Å². The van der Waals surface area contributed by atoms with Gasteiger partial charge in [0.05, 0.1) is 10.5 Å². The summed E-state index contributed by atoms with van der Waals surface area (Å²) in [6, 6.07) is 6.14. The van der Waals surface area contributed by atoms with E-state index in [1.54, 1.807) is 23.5 Å². The summed E-state index contributed by atoms with van der Waals surface area (Å²) in [6.07, 6.45) is 5.76. The third-order valence-electron chi connectivity index (χ3n) is 5.44. The Bertz CT molecular complexity index is 1060. The average Bonchev–Trinajstić information content (AvgIpc) is 3.43. The number of sulfonamides is 1. The van der Waals surface area contributed by atoms with Gasteiger partial charge in [-0.15, -0.1) is 11.3 Å². The molecule has 2 heterocycles. The van der Waals surface area contributed by atoms with Crippen LogP contribution < -0.4 is 5.32 Å². The lowest BCUT2D eigenvalue weighted by Gasteiger charge is -2.16. The van der Waals surface area contributed by atoms with Gasteiger partial charge in [0.2, 0.25) is 10.0 Å². The van der Waals surface area contributed by atoms with E-state index in [1.807, 2.05) is 5.38 Å². The maximum atomic E-state index is 12.7. The lowest BCUT2D eigenvalue weighted by molar-refractivity contribution is -0.119. The molecule has 1 aliphatic carbocycles. The molecule has 1 aromatic carbocycles. The molecule has 1 aliphatic heterocycles. The number of carbonyl (C=O) groups excluding carboxylic acids is 2. The molecule has 1 aromatic heterocycles. The Morgan fingerprint density at radius 3 is 2.67 bits per heavy atom. The quantitative estimate of drug-likeness (QED) is 0.685. The van der Waals surface area contributed by atoms with Crippen LogP contribution >= 0.6 is 11.3 Å². The van der Waals surface area contributed by atoms with Crippen molar-refractivity contribution in [2.75, 3.05) is 25.0 Å². The fourth-order valence-corrected chi connectivity index (χ4v) is 6.56. The number of benzene rings is 1. The highest BCUT2D eigenvalue weighted by atomic mass is 32.2. The number of nitrogens with zero attached hydrogens (tertiary/aromatic N) is 1. The molecule has 1 amide bonds. The monoisotopic (exact) mass is 448 g/mol. The number of fused-ring (bicyclic) bond motifs is 1. The molecule has 2 aliphatic rings. The Morgan fingerprint density at radius 1 is 1.10 bits per heavy atom. The molecule has 0 unspecified atom stereocenters. The Morgan fingerprint density at radius 2 is 1.87 bits per heavy atom. The molecule has 0 spiro atoms. The number of esters is 1. The summed E-state index contributed by atoms with van der Waals surface area (Å²) in [5.74, 6) is -1.00. The lowest BCUT2D eigenvalue weighted by Crippen LogP contribution is -2.28. The highest BCUT2D eigenvalue weighted by Gasteiger charge is 2.27. The fourth-order valence-electron chi connectivity index (χ4n) is 3.88. The average molecular weight is 449 g/mol. The van der Waals surface area contributed by atoms with Crippen molar-refractivity contribution in [3.8, 4) is 0 Å². The van der Waals surface area contributed by atoms with Crippen LogP contribution in [0.2, 0.25) is 0 Å². The minimum atomic E-state index is -3.56. The first kappa shape index (κ1) is 21.0. The fraction of sp³-hybridized carbons (Fsp3) is 0.429. The molecule has 160 valence electrons. The van der Waals surface area contributed by atoms with Gasteiger partial charge in [0.25, 0.3) is 5.91 Å². The van der Waals surface area contributed by atoms with Gasteiger partial charge < -0.3 is 10.1 Å². The minimum absolute atomic E-state index is 0.143. The van der Waals surface area contributed by atoms with E-state index in [2.05, 4.69) is 5.32 Å². The van der Waals surface area contributed by atoms with Crippen LogP contribution in [-0.2, 0) is 32.4 Å². The maximum absolute atomic E-state index is 12.7. The van der Waals surface area contributed by atoms with Gasteiger partial charge in [0.1, 0.15) is 0 Å². The van der Waals surface area contributed by atoms with E-state index < -0.39 is 28.5 Å². The van der Waals surface area contributed by atoms with E-state index in [9.17, 15) is 18.0 Å². The predicted molar refractivity (Wildman–Crippen MR) is 114 cm³/mol. The molecular formula is C21H24N2O5S2. The van der Waals surface area contributed by atoms with Crippen molar-refractivity contribution in [3.05, 3.63) is 45.6 Å². The van der Waals surface area contributed by atoms with Crippen LogP contribution in [0.3, 0.4) is 0 Å². The number of rotatable bonds is 6. The predicted octanol–water partition coefficient (Wildman–Crippen LogP) is 3.21. The van der Waals surface area contributed by atoms with Crippen molar-refractivity contribution in [2.24, 2.45) is 0 Å². The molecule has 1 saturated heterocycles. The third-order valence-corrected chi connectivity index (χ3v) is 8.42. The summed E-state index contributed by atoms with van der Waals surface area (Å²) in [4.78, 5) is 26.0. The van der Waals surface area contributed by atoms with Gasteiger partial charge in [-0.1, -0.05) is 6.07 Å². The van der Waals surface area contributed by atoms with Crippen LogP contribution in [0, 0.1) is 0 Å². The van der Waals surface area contributed by atoms with Crippen LogP contribution in [-0.4, -0.2) is 44.3 Å². The van der Waals surface area contributed by atoms with Gasteiger partial charge in [-0.3, -0.25) is 4.79 Å². The Hall–Kier alpha value is -2.23. The van der Waals surface area contributed by atoms with E-state index in [0.717, 1.165) is 44.1 Å². The number of hydrogen-bond acceptors (Lipinski definition) is 6. The van der Waals surface area contributed by atoms with Crippen molar-refractivity contribution >= 4 is 38.9 Å². The molecule has 0 atom stereocenters. The Labute approximate surface area is 180 Å². The molecule has 4 rings (SSSR count). The highest BCUT2D eigenvalue weighted by molar-refractivity contribution is 7.89. The summed E-state index contributed by atoms with van der Waals surface area (Å²) in [5, 5.41) is 4.42. The number of carbonyl (C=O) groups is 2. The van der Waals surface area contributed by atoms with Crippen molar-refractivity contribution in [3.63, 3.8) is 0 Å². The molecule has 0 bridgehead atoms. The van der Waals surface area contributed by atoms with E-state index in [4.69, 9.17) is 4.74 Å². The van der Waals surface area contributed by atoms with E-state index in [1.165, 1.54) is 21.3 Å². The van der Waals surface area contributed by atoms with Crippen LogP contribution in [0.25, 0.3) is 0 Å². The first-order valence-electron chi connectivity index (χ1n) is 10.1. The minimum Gasteiger partial charge on any atom is -0.452 e. The number of hydrogen-bond donors (Lipinski definition) is 1. The maximum Gasteiger partial charge on any atom is 0.339 e. The molecule has 30 heavy (non-hydrogen) atoms. The summed E-state index contributed by atoms with van der Waals surface area (Å²) in [7, 11) is -3.56. The van der Waals surface area contributed by atoms with Gasteiger partial charge in [-0.25, -0.2) is 13.2 Å². The Kier molecular flexibility index (Phi) is 6.21. The number of amides is 1. The topological polar surface area (TPSA) is 92.8 Å². The zero-order valence-electron chi connectivity index (χ0n) is 16.6. The molecule has 0 radical (unpaired) electrons. The van der Waals surface area contributed by atoms with Crippen LogP contribution in [0.15, 0.2) is 34.5 Å². The van der Waals surface area contributed by atoms with Gasteiger partial charge in [-0.2, -0.15) is 4.31 Å². The SMILES string of the molecule is O=C(COC(=O)c1csc2c1CCCC2)Nc1cccc(S(=O)(=O)N2CCCC2)c1. The summed E-state index contributed by atoms with van der Waals surface area (Å²) >= 11 is 1.57. The zero-order valence-corrected chi connectivity index (χ0v) is 18.2. The largest absolute Gasteiger partial charge is 0.452 e. The number of thiophene rings is 1. The van der Waals surface area contributed by atoms with Gasteiger partial charge in [0, 0.05) is 29.0 Å². The van der Waals surface area contributed by atoms with Crippen LogP contribution in [0.1, 0.15) is 46.5 Å². The highest BCUT2D eigenvalue weighted by Crippen LogP contribution is 2.30. The number of aryl methyl sites for hydroxylation is 1. The number of nitrogens with one attached hydrogen (secondary N) is 1. The third kappa shape index (κ3) is 4.43. The summed E-state index contributed by atoms with van der Waals surface area (Å²) in [5.41, 5.74) is 1.96. The molecule has 0 saturated carbocycles.